The van der Waals surface area contributed by atoms with E-state index in [-0.39, 0.29) is 5.56 Å². The van der Waals surface area contributed by atoms with Crippen molar-refractivity contribution in [2.24, 2.45) is 0 Å². The van der Waals surface area contributed by atoms with E-state index in [1.165, 1.54) is 25.6 Å². The maximum absolute atomic E-state index is 11.1. The molecule has 0 aliphatic heterocycles. The third-order valence-electron chi connectivity index (χ3n) is 2.31. The molecule has 0 fully saturated rings. The molecular weight excluding hydrogens is 220 g/mol. The fourth-order valence-corrected chi connectivity index (χ4v) is 1.50. The standard InChI is InChI=1S/C12H10N2O3/c1-17-11-6-8(2-5-14-11)10-7-13-4-3-9(10)12(15)16/h2-7H,1H3,(H,15,16). The van der Waals surface area contributed by atoms with Gasteiger partial charge >= 0.3 is 5.97 Å². The molecule has 0 amide bonds. The number of aromatic carboxylic acids is 1. The number of carboxylic acids is 1. The molecule has 0 aromatic carbocycles. The molecule has 0 atom stereocenters. The first-order valence-corrected chi connectivity index (χ1v) is 4.90. The Labute approximate surface area is 97.7 Å². The fourth-order valence-electron chi connectivity index (χ4n) is 1.50. The predicted octanol–water partition coefficient (Wildman–Crippen LogP) is 1.85. The molecule has 2 aromatic heterocycles. The minimum Gasteiger partial charge on any atom is -0.481 e. The van der Waals surface area contributed by atoms with Gasteiger partial charge in [-0.1, -0.05) is 0 Å². The number of pyridine rings is 2. The van der Waals surface area contributed by atoms with Gasteiger partial charge in [-0.05, 0) is 17.7 Å². The lowest BCUT2D eigenvalue weighted by molar-refractivity contribution is 0.0697. The van der Waals surface area contributed by atoms with Crippen LogP contribution in [0.5, 0.6) is 5.88 Å². The summed E-state index contributed by atoms with van der Waals surface area (Å²) in [5.74, 6) is -0.555. The van der Waals surface area contributed by atoms with Crippen LogP contribution in [0, 0.1) is 0 Å². The molecule has 2 heterocycles. The summed E-state index contributed by atoms with van der Waals surface area (Å²) in [4.78, 5) is 19.0. The molecule has 0 spiro atoms. The lowest BCUT2D eigenvalue weighted by Crippen LogP contribution is -2.00. The van der Waals surface area contributed by atoms with Crippen LogP contribution in [0.2, 0.25) is 0 Å². The highest BCUT2D eigenvalue weighted by molar-refractivity contribution is 5.95. The molecule has 1 N–H and O–H groups in total. The van der Waals surface area contributed by atoms with Crippen molar-refractivity contribution in [2.45, 2.75) is 0 Å². The summed E-state index contributed by atoms with van der Waals surface area (Å²) in [6.45, 7) is 0. The molecule has 17 heavy (non-hydrogen) atoms. The van der Waals surface area contributed by atoms with Crippen LogP contribution in [0.3, 0.4) is 0 Å². The summed E-state index contributed by atoms with van der Waals surface area (Å²) in [6.07, 6.45) is 4.52. The van der Waals surface area contributed by atoms with Crippen molar-refractivity contribution >= 4 is 5.97 Å². The Kier molecular flexibility index (Phi) is 3.00. The Morgan fingerprint density at radius 2 is 2.18 bits per heavy atom. The number of carbonyl (C=O) groups is 1. The summed E-state index contributed by atoms with van der Waals surface area (Å²) in [6, 6.07) is 4.85. The molecule has 0 aliphatic carbocycles. The Morgan fingerprint density at radius 1 is 1.35 bits per heavy atom. The Morgan fingerprint density at radius 3 is 2.88 bits per heavy atom. The van der Waals surface area contributed by atoms with Gasteiger partial charge < -0.3 is 9.84 Å². The maximum atomic E-state index is 11.1. The topological polar surface area (TPSA) is 72.3 Å². The molecule has 0 unspecified atom stereocenters. The molecule has 86 valence electrons. The van der Waals surface area contributed by atoms with Crippen molar-refractivity contribution in [3.05, 3.63) is 42.4 Å². The van der Waals surface area contributed by atoms with Gasteiger partial charge in [0.1, 0.15) is 0 Å². The minimum absolute atomic E-state index is 0.202. The summed E-state index contributed by atoms with van der Waals surface area (Å²) in [5, 5.41) is 9.08. The van der Waals surface area contributed by atoms with Crippen LogP contribution in [-0.2, 0) is 0 Å². The molecule has 2 aromatic rings. The van der Waals surface area contributed by atoms with Gasteiger partial charge in [0.05, 0.1) is 12.7 Å². The second-order valence-corrected chi connectivity index (χ2v) is 3.31. The first kappa shape index (κ1) is 11.1. The first-order chi connectivity index (χ1) is 8.22. The summed E-state index contributed by atoms with van der Waals surface area (Å²) < 4.78 is 5.00. The van der Waals surface area contributed by atoms with E-state index in [9.17, 15) is 4.79 Å². The van der Waals surface area contributed by atoms with E-state index < -0.39 is 5.97 Å². The lowest BCUT2D eigenvalue weighted by Gasteiger charge is -2.06. The van der Waals surface area contributed by atoms with Gasteiger partial charge in [0.2, 0.25) is 5.88 Å². The van der Waals surface area contributed by atoms with Crippen LogP contribution in [0.4, 0.5) is 0 Å². The number of carboxylic acid groups (broad SMARTS) is 1. The van der Waals surface area contributed by atoms with Gasteiger partial charge in [-0.15, -0.1) is 0 Å². The molecule has 5 heteroatoms. The van der Waals surface area contributed by atoms with Crippen molar-refractivity contribution < 1.29 is 14.6 Å². The Balaban J connectivity index is 2.56. The zero-order valence-electron chi connectivity index (χ0n) is 9.12. The maximum Gasteiger partial charge on any atom is 0.336 e. The monoisotopic (exact) mass is 230 g/mol. The first-order valence-electron chi connectivity index (χ1n) is 4.90. The van der Waals surface area contributed by atoms with Crippen molar-refractivity contribution in [3.63, 3.8) is 0 Å². The van der Waals surface area contributed by atoms with Crippen LogP contribution in [-0.4, -0.2) is 28.2 Å². The van der Waals surface area contributed by atoms with Gasteiger partial charge in [-0.25, -0.2) is 9.78 Å². The summed E-state index contributed by atoms with van der Waals surface area (Å²) in [7, 11) is 1.51. The number of rotatable bonds is 3. The predicted molar refractivity (Wildman–Crippen MR) is 61.0 cm³/mol. The van der Waals surface area contributed by atoms with Crippen LogP contribution in [0.1, 0.15) is 10.4 Å². The van der Waals surface area contributed by atoms with Crippen LogP contribution in [0.25, 0.3) is 11.1 Å². The van der Waals surface area contributed by atoms with Crippen molar-refractivity contribution in [1.29, 1.82) is 0 Å². The van der Waals surface area contributed by atoms with E-state index in [0.29, 0.717) is 17.0 Å². The molecular formula is C12H10N2O3. The largest absolute Gasteiger partial charge is 0.481 e. The Bertz CT molecular complexity index is 555. The highest BCUT2D eigenvalue weighted by Gasteiger charge is 2.11. The van der Waals surface area contributed by atoms with E-state index in [1.807, 2.05) is 0 Å². The third kappa shape index (κ3) is 2.23. The average Bonchev–Trinajstić information content (AvgIpc) is 2.39. The van der Waals surface area contributed by atoms with E-state index in [0.717, 1.165) is 0 Å². The van der Waals surface area contributed by atoms with E-state index in [1.54, 1.807) is 18.3 Å². The minimum atomic E-state index is -0.988. The fraction of sp³-hybridized carbons (Fsp3) is 0.0833. The average molecular weight is 230 g/mol. The van der Waals surface area contributed by atoms with Crippen LogP contribution < -0.4 is 4.74 Å². The smallest absolute Gasteiger partial charge is 0.336 e. The number of hydrogen-bond acceptors (Lipinski definition) is 4. The van der Waals surface area contributed by atoms with Crippen molar-refractivity contribution in [2.75, 3.05) is 7.11 Å². The Hall–Kier alpha value is -2.43. The van der Waals surface area contributed by atoms with E-state index in [4.69, 9.17) is 9.84 Å². The van der Waals surface area contributed by atoms with E-state index in [2.05, 4.69) is 9.97 Å². The number of nitrogens with zero attached hydrogens (tertiary/aromatic N) is 2. The summed E-state index contributed by atoms with van der Waals surface area (Å²) in [5.41, 5.74) is 1.45. The van der Waals surface area contributed by atoms with Gasteiger partial charge in [0.25, 0.3) is 0 Å². The third-order valence-corrected chi connectivity index (χ3v) is 2.31. The molecule has 2 rings (SSSR count). The zero-order chi connectivity index (χ0) is 12.3. The van der Waals surface area contributed by atoms with Gasteiger partial charge in [0.15, 0.2) is 0 Å². The van der Waals surface area contributed by atoms with Crippen molar-refractivity contribution in [3.8, 4) is 17.0 Å². The molecule has 0 radical (unpaired) electrons. The second-order valence-electron chi connectivity index (χ2n) is 3.31. The second kappa shape index (κ2) is 4.61. The number of aromatic nitrogens is 2. The van der Waals surface area contributed by atoms with E-state index >= 15 is 0 Å². The number of hydrogen-bond donors (Lipinski definition) is 1. The van der Waals surface area contributed by atoms with Gasteiger partial charge in [0, 0.05) is 30.2 Å². The molecule has 5 nitrogen and oxygen atoms in total. The zero-order valence-corrected chi connectivity index (χ0v) is 9.12. The molecule has 0 saturated heterocycles. The van der Waals surface area contributed by atoms with Crippen molar-refractivity contribution in [1.82, 2.24) is 9.97 Å². The highest BCUT2D eigenvalue weighted by atomic mass is 16.5. The highest BCUT2D eigenvalue weighted by Crippen LogP contribution is 2.24. The SMILES string of the molecule is COc1cc(-c2cnccc2C(=O)O)ccn1. The number of methoxy groups -OCH3 is 1. The summed E-state index contributed by atoms with van der Waals surface area (Å²) >= 11 is 0. The van der Waals surface area contributed by atoms with Crippen LogP contribution in [0.15, 0.2) is 36.8 Å². The lowest BCUT2D eigenvalue weighted by atomic mass is 10.0. The van der Waals surface area contributed by atoms with Gasteiger partial charge in [-0.2, -0.15) is 0 Å². The molecule has 0 saturated carbocycles. The van der Waals surface area contributed by atoms with Gasteiger partial charge in [-0.3, -0.25) is 4.98 Å². The molecule has 0 bridgehead atoms. The molecule has 0 aliphatic rings. The quantitative estimate of drug-likeness (QED) is 0.871. The normalized spacial score (nSPS) is 9.94. The van der Waals surface area contributed by atoms with Crippen LogP contribution >= 0.6 is 0 Å². The number of ether oxygens (including phenoxy) is 1.